The second-order valence-electron chi connectivity index (χ2n) is 8.89. The normalized spacial score (nSPS) is 13.5. The van der Waals surface area contributed by atoms with Gasteiger partial charge in [-0.05, 0) is 35.7 Å². The van der Waals surface area contributed by atoms with E-state index in [2.05, 4.69) is 21.9 Å². The van der Waals surface area contributed by atoms with E-state index >= 15 is 0 Å². The summed E-state index contributed by atoms with van der Waals surface area (Å²) in [5, 5.41) is 9.86. The van der Waals surface area contributed by atoms with Crippen LogP contribution in [0.3, 0.4) is 0 Å². The van der Waals surface area contributed by atoms with Gasteiger partial charge in [-0.2, -0.15) is 4.68 Å². The first-order chi connectivity index (χ1) is 17.0. The van der Waals surface area contributed by atoms with E-state index in [9.17, 15) is 9.59 Å². The minimum Gasteiger partial charge on any atom is -0.870 e. The van der Waals surface area contributed by atoms with Gasteiger partial charge in [0.25, 0.3) is 0 Å². The number of nitrogens with zero attached hydrogens (tertiary/aromatic N) is 2. The number of nitrogens with one attached hydrogen (secondary N) is 2. The standard InChI is InChI=1S/C28H25N4O3.CH4.Na.H2O/c1-19(20-6-4-3-5-7-20)35-27(34)29-26-25(32(2)31-30-26)23-10-8-21(9-11-23)22-12-14-24(15-13-22)28(18-33)16-17-28;;;/h3-15,19H,16-17H2,1-2H3,(H,29,34);1H4;;1H2/q-1;;+1;/t19-;;;/m1.../s1. The van der Waals surface area contributed by atoms with E-state index in [-0.39, 0.29) is 47.9 Å². The molecule has 0 saturated heterocycles. The summed E-state index contributed by atoms with van der Waals surface area (Å²) >= 11 is 0. The van der Waals surface area contributed by atoms with E-state index in [0.717, 1.165) is 46.4 Å². The summed E-state index contributed by atoms with van der Waals surface area (Å²) in [6.07, 6.45) is 2.98. The van der Waals surface area contributed by atoms with Gasteiger partial charge in [0, 0.05) is 5.56 Å². The van der Waals surface area contributed by atoms with Crippen molar-refractivity contribution < 1.29 is 54.0 Å². The molecule has 1 heterocycles. The SMILES string of the molecule is C.C[C@@H](OC(=O)Nc1n[nH][n+](C)c1-c1ccc(-c2ccc(C3([C-]=O)CC3)cc2)cc1)c1ccccc1.[Na+].[OH-]. The summed E-state index contributed by atoms with van der Waals surface area (Å²) in [7, 11) is 1.83. The topological polar surface area (TPSA) is 118 Å². The molecule has 4 aromatic rings. The first-order valence-corrected chi connectivity index (χ1v) is 11.6. The fourth-order valence-electron chi connectivity index (χ4n) is 4.26. The molecule has 0 unspecified atom stereocenters. The van der Waals surface area contributed by atoms with Gasteiger partial charge in [-0.25, -0.2) is 10.1 Å². The Kier molecular flexibility index (Phi) is 10.6. The maximum atomic E-state index is 12.5. The van der Waals surface area contributed by atoms with Crippen molar-refractivity contribution in [2.45, 2.75) is 38.7 Å². The second kappa shape index (κ2) is 13.0. The van der Waals surface area contributed by atoms with Gasteiger partial charge in [-0.3, -0.25) is 6.29 Å². The van der Waals surface area contributed by atoms with Crippen LogP contribution in [0.2, 0.25) is 0 Å². The smallest absolute Gasteiger partial charge is 0.870 e. The number of anilines is 1. The van der Waals surface area contributed by atoms with Crippen LogP contribution in [0.25, 0.3) is 22.4 Å². The number of rotatable bonds is 7. The molecule has 1 aromatic heterocycles. The van der Waals surface area contributed by atoms with E-state index < -0.39 is 12.2 Å². The molecular weight excluding hydrogens is 491 g/mol. The van der Waals surface area contributed by atoms with Crippen LogP contribution in [0.5, 0.6) is 0 Å². The van der Waals surface area contributed by atoms with Crippen molar-refractivity contribution in [1.82, 2.24) is 10.3 Å². The quantitative estimate of drug-likeness (QED) is 0.220. The molecule has 1 aliphatic carbocycles. The van der Waals surface area contributed by atoms with E-state index in [1.54, 1.807) is 4.68 Å². The number of aromatic amines is 1. The first-order valence-electron chi connectivity index (χ1n) is 11.6. The molecule has 0 bridgehead atoms. The zero-order valence-corrected chi connectivity index (χ0v) is 23.1. The molecule has 3 aromatic carbocycles. The Labute approximate surface area is 245 Å². The molecule has 1 saturated carbocycles. The Hall–Kier alpha value is -3.30. The number of amides is 1. The average Bonchev–Trinajstić information content (AvgIpc) is 3.62. The van der Waals surface area contributed by atoms with Crippen LogP contribution in [-0.4, -0.2) is 28.2 Å². The van der Waals surface area contributed by atoms with Crippen LogP contribution in [0.1, 0.15) is 44.4 Å². The summed E-state index contributed by atoms with van der Waals surface area (Å²) in [6.45, 7) is 1.83. The molecule has 192 valence electrons. The van der Waals surface area contributed by atoms with Gasteiger partial charge in [0.15, 0.2) is 0 Å². The van der Waals surface area contributed by atoms with E-state index in [1.165, 1.54) is 0 Å². The van der Waals surface area contributed by atoms with Crippen molar-refractivity contribution in [1.29, 1.82) is 0 Å². The minimum absolute atomic E-state index is 0. The van der Waals surface area contributed by atoms with Gasteiger partial charge < -0.3 is 15.0 Å². The number of hydrogen-bond donors (Lipinski definition) is 2. The number of carbonyl (C=O) groups is 1. The number of H-pyrrole nitrogens is 1. The Morgan fingerprint density at radius 2 is 1.55 bits per heavy atom. The zero-order chi connectivity index (χ0) is 24.4. The van der Waals surface area contributed by atoms with Gasteiger partial charge in [0.05, 0.1) is 5.10 Å². The molecule has 1 amide bonds. The molecule has 3 N–H and O–H groups in total. The molecule has 0 aliphatic heterocycles. The van der Waals surface area contributed by atoms with Gasteiger partial charge in [-0.1, -0.05) is 97.8 Å². The zero-order valence-electron chi connectivity index (χ0n) is 21.1. The van der Waals surface area contributed by atoms with E-state index in [0.29, 0.717) is 5.82 Å². The first kappa shape index (κ1) is 30.9. The molecule has 38 heavy (non-hydrogen) atoms. The Bertz CT molecular complexity index is 1350. The predicted molar refractivity (Wildman–Crippen MR) is 141 cm³/mol. The fourth-order valence-corrected chi connectivity index (χ4v) is 4.26. The van der Waals surface area contributed by atoms with Crippen molar-refractivity contribution in [3.05, 3.63) is 90.0 Å². The van der Waals surface area contributed by atoms with Crippen LogP contribution < -0.4 is 39.6 Å². The van der Waals surface area contributed by atoms with E-state index in [1.807, 2.05) is 92.8 Å². The minimum atomic E-state index is -0.576. The number of aromatic nitrogens is 3. The predicted octanol–water partition coefficient (Wildman–Crippen LogP) is 2.48. The summed E-state index contributed by atoms with van der Waals surface area (Å²) in [4.78, 5) is 23.8. The Balaban J connectivity index is 0.00000169. The number of benzene rings is 3. The summed E-state index contributed by atoms with van der Waals surface area (Å²) in [6, 6.07) is 25.7. The maximum Gasteiger partial charge on any atom is 1.00 e. The van der Waals surface area contributed by atoms with Gasteiger partial charge in [-0.15, -0.1) is 5.41 Å². The fraction of sp³-hybridized carbons (Fsp3) is 0.241. The van der Waals surface area contributed by atoms with Gasteiger partial charge >= 0.3 is 41.5 Å². The number of ether oxygens (including phenoxy) is 1. The van der Waals surface area contributed by atoms with Crippen molar-refractivity contribution in [2.24, 2.45) is 7.05 Å². The van der Waals surface area contributed by atoms with Gasteiger partial charge in [0.2, 0.25) is 5.69 Å². The molecule has 1 atom stereocenters. The third-order valence-electron chi connectivity index (χ3n) is 6.52. The maximum absolute atomic E-state index is 12.5. The third kappa shape index (κ3) is 6.39. The molecule has 5 rings (SSSR count). The Morgan fingerprint density at radius 3 is 2.11 bits per heavy atom. The van der Waals surface area contributed by atoms with E-state index in [4.69, 9.17) is 4.74 Å². The molecule has 1 aliphatic rings. The second-order valence-corrected chi connectivity index (χ2v) is 8.89. The number of aryl methyl sites for hydroxylation is 1. The molecular formula is C29H31N4NaO4. The molecule has 0 radical (unpaired) electrons. The van der Waals surface area contributed by atoms with Crippen LogP contribution in [-0.2, 0) is 22.0 Å². The number of hydrogen-bond acceptors (Lipinski definition) is 5. The van der Waals surface area contributed by atoms with Gasteiger partial charge in [0.1, 0.15) is 13.2 Å². The molecule has 8 nitrogen and oxygen atoms in total. The van der Waals surface area contributed by atoms with Crippen molar-refractivity contribution in [3.8, 4) is 22.4 Å². The summed E-state index contributed by atoms with van der Waals surface area (Å²) < 4.78 is 7.27. The molecule has 0 spiro atoms. The monoisotopic (exact) mass is 522 g/mol. The van der Waals surface area contributed by atoms with Crippen molar-refractivity contribution >= 4 is 18.2 Å². The summed E-state index contributed by atoms with van der Waals surface area (Å²) in [5.74, 6) is 0.384. The number of carbonyl (C=O) groups excluding carboxylic acids is 2. The van der Waals surface area contributed by atoms with Crippen LogP contribution in [0.15, 0.2) is 78.9 Å². The largest absolute Gasteiger partial charge is 1.00 e. The van der Waals surface area contributed by atoms with Crippen molar-refractivity contribution in [2.75, 3.05) is 5.32 Å². The van der Waals surface area contributed by atoms with Crippen LogP contribution >= 0.6 is 0 Å². The Morgan fingerprint density at radius 1 is 1.00 bits per heavy atom. The molecule has 9 heteroatoms. The summed E-state index contributed by atoms with van der Waals surface area (Å²) in [5.41, 5.74) is 5.29. The molecule has 1 fully saturated rings. The van der Waals surface area contributed by atoms with Crippen LogP contribution in [0, 0.1) is 0 Å². The average molecular weight is 523 g/mol. The van der Waals surface area contributed by atoms with Crippen molar-refractivity contribution in [3.63, 3.8) is 0 Å². The van der Waals surface area contributed by atoms with Crippen LogP contribution in [0.4, 0.5) is 10.6 Å². The third-order valence-corrected chi connectivity index (χ3v) is 6.52.